The summed E-state index contributed by atoms with van der Waals surface area (Å²) in [4.78, 5) is 0. The molecule has 0 saturated heterocycles. The van der Waals surface area contributed by atoms with Gasteiger partial charge in [0, 0.05) is 0 Å². The van der Waals surface area contributed by atoms with Crippen molar-refractivity contribution in [3.05, 3.63) is 77.1 Å². The molecule has 3 nitrogen and oxygen atoms in total. The molecule has 0 radical (unpaired) electrons. The van der Waals surface area contributed by atoms with Gasteiger partial charge in [-0.15, -0.1) is 5.10 Å². The molecule has 1 aromatic heterocycles. The highest BCUT2D eigenvalue weighted by Gasteiger charge is 2.04. The largest absolute Gasteiger partial charge is 0.220 e. The molecule has 0 aliphatic carbocycles. The van der Waals surface area contributed by atoms with Crippen LogP contribution in [0.1, 0.15) is 22.4 Å². The maximum absolute atomic E-state index is 4.27. The van der Waals surface area contributed by atoms with Crippen LogP contribution in [0.3, 0.4) is 0 Å². The molecule has 0 aliphatic heterocycles. The van der Waals surface area contributed by atoms with Crippen LogP contribution in [0.25, 0.3) is 5.69 Å². The fourth-order valence-corrected chi connectivity index (χ4v) is 2.61. The zero-order valence-corrected chi connectivity index (χ0v) is 12.5. The Morgan fingerprint density at radius 3 is 2.33 bits per heavy atom. The lowest BCUT2D eigenvalue weighted by Crippen LogP contribution is -1.94. The van der Waals surface area contributed by atoms with Gasteiger partial charge in [-0.1, -0.05) is 52.7 Å². The predicted molar refractivity (Wildman–Crippen MR) is 84.7 cm³/mol. The van der Waals surface area contributed by atoms with E-state index in [1.165, 1.54) is 16.7 Å². The number of benzene rings is 2. The van der Waals surface area contributed by atoms with Crippen LogP contribution in [0.15, 0.2) is 54.7 Å². The summed E-state index contributed by atoms with van der Waals surface area (Å²) in [5.74, 6) is 0. The lowest BCUT2D eigenvalue weighted by Gasteiger charge is -2.03. The van der Waals surface area contributed by atoms with Crippen LogP contribution in [-0.2, 0) is 12.8 Å². The Bertz CT molecular complexity index is 709. The maximum atomic E-state index is 4.27. The Kier molecular flexibility index (Phi) is 3.82. The second-order valence-corrected chi connectivity index (χ2v) is 5.49. The van der Waals surface area contributed by atoms with E-state index in [-0.39, 0.29) is 0 Å². The molecule has 2 aromatic carbocycles. The number of hydrogen-bond donors (Lipinski definition) is 0. The van der Waals surface area contributed by atoms with Crippen LogP contribution in [0, 0.1) is 13.8 Å². The molecule has 0 N–H and O–H groups in total. The van der Waals surface area contributed by atoms with Crippen molar-refractivity contribution in [3.8, 4) is 5.69 Å². The maximum Gasteiger partial charge on any atom is 0.0835 e. The summed E-state index contributed by atoms with van der Waals surface area (Å²) in [6.45, 7) is 4.28. The van der Waals surface area contributed by atoms with E-state index in [0.29, 0.717) is 0 Å². The molecule has 1 heterocycles. The minimum Gasteiger partial charge on any atom is -0.220 e. The molecule has 0 saturated carbocycles. The third kappa shape index (κ3) is 3.37. The van der Waals surface area contributed by atoms with Crippen molar-refractivity contribution < 1.29 is 0 Å². The van der Waals surface area contributed by atoms with E-state index in [1.807, 2.05) is 41.2 Å². The zero-order chi connectivity index (χ0) is 14.7. The summed E-state index contributed by atoms with van der Waals surface area (Å²) < 4.78 is 1.83. The van der Waals surface area contributed by atoms with Crippen LogP contribution in [0.5, 0.6) is 0 Å². The van der Waals surface area contributed by atoms with Gasteiger partial charge in [0.05, 0.1) is 17.6 Å². The van der Waals surface area contributed by atoms with Gasteiger partial charge >= 0.3 is 0 Å². The second kappa shape index (κ2) is 5.92. The van der Waals surface area contributed by atoms with Crippen LogP contribution in [0.4, 0.5) is 0 Å². The number of para-hydroxylation sites is 1. The smallest absolute Gasteiger partial charge is 0.0835 e. The van der Waals surface area contributed by atoms with Crippen molar-refractivity contribution in [2.45, 2.75) is 26.7 Å². The van der Waals surface area contributed by atoms with Gasteiger partial charge in [-0.05, 0) is 44.4 Å². The molecule has 0 fully saturated rings. The van der Waals surface area contributed by atoms with Gasteiger partial charge in [0.1, 0.15) is 0 Å². The molecule has 3 aromatic rings. The zero-order valence-electron chi connectivity index (χ0n) is 12.5. The minimum absolute atomic E-state index is 0.912. The van der Waals surface area contributed by atoms with Gasteiger partial charge in [-0.25, -0.2) is 4.68 Å². The average Bonchev–Trinajstić information content (AvgIpc) is 2.94. The molecule has 0 atom stereocenters. The lowest BCUT2D eigenvalue weighted by molar-refractivity contribution is 0.794. The van der Waals surface area contributed by atoms with E-state index in [1.54, 1.807) is 0 Å². The highest BCUT2D eigenvalue weighted by molar-refractivity contribution is 5.31. The van der Waals surface area contributed by atoms with Crippen molar-refractivity contribution >= 4 is 0 Å². The van der Waals surface area contributed by atoms with Gasteiger partial charge < -0.3 is 0 Å². The fourth-order valence-electron chi connectivity index (χ4n) is 2.61. The number of rotatable bonds is 4. The van der Waals surface area contributed by atoms with E-state index in [0.717, 1.165) is 24.2 Å². The molecule has 3 heteroatoms. The summed E-state index contributed by atoms with van der Waals surface area (Å²) in [5.41, 5.74) is 6.07. The van der Waals surface area contributed by atoms with Crippen molar-refractivity contribution in [1.82, 2.24) is 15.0 Å². The first-order valence-electron chi connectivity index (χ1n) is 7.24. The normalized spacial score (nSPS) is 10.8. The van der Waals surface area contributed by atoms with Crippen LogP contribution >= 0.6 is 0 Å². The highest BCUT2D eigenvalue weighted by Crippen LogP contribution is 2.12. The van der Waals surface area contributed by atoms with Crippen molar-refractivity contribution in [2.24, 2.45) is 0 Å². The summed E-state index contributed by atoms with van der Waals surface area (Å²) in [6.07, 6.45) is 3.92. The number of aromatic nitrogens is 3. The summed E-state index contributed by atoms with van der Waals surface area (Å²) >= 11 is 0. The first-order chi connectivity index (χ1) is 10.2. The topological polar surface area (TPSA) is 30.7 Å². The third-order valence-electron chi connectivity index (χ3n) is 3.51. The minimum atomic E-state index is 0.912. The van der Waals surface area contributed by atoms with Crippen LogP contribution < -0.4 is 0 Å². The Morgan fingerprint density at radius 1 is 0.905 bits per heavy atom. The Hall–Kier alpha value is -2.42. The molecule has 0 spiro atoms. The monoisotopic (exact) mass is 277 g/mol. The van der Waals surface area contributed by atoms with Crippen LogP contribution in [-0.4, -0.2) is 15.0 Å². The summed E-state index contributed by atoms with van der Waals surface area (Å²) in [7, 11) is 0. The lowest BCUT2D eigenvalue weighted by atomic mass is 10.0. The summed E-state index contributed by atoms with van der Waals surface area (Å²) in [6, 6.07) is 16.8. The predicted octanol–water partition coefficient (Wildman–Crippen LogP) is 3.67. The van der Waals surface area contributed by atoms with E-state index in [4.69, 9.17) is 0 Å². The molecule has 0 unspecified atom stereocenters. The van der Waals surface area contributed by atoms with Gasteiger partial charge in [0.15, 0.2) is 0 Å². The second-order valence-electron chi connectivity index (χ2n) is 5.49. The molecule has 0 bridgehead atoms. The average molecular weight is 277 g/mol. The summed E-state index contributed by atoms with van der Waals surface area (Å²) in [5, 5.41) is 8.47. The van der Waals surface area contributed by atoms with Gasteiger partial charge in [-0.3, -0.25) is 0 Å². The van der Waals surface area contributed by atoms with Crippen molar-refractivity contribution in [3.63, 3.8) is 0 Å². The Labute approximate surface area is 125 Å². The molecule has 21 heavy (non-hydrogen) atoms. The molecule has 3 rings (SSSR count). The van der Waals surface area contributed by atoms with Gasteiger partial charge in [0.25, 0.3) is 0 Å². The first kappa shape index (κ1) is 13.6. The molecule has 0 amide bonds. The molecule has 106 valence electrons. The van der Waals surface area contributed by atoms with Gasteiger partial charge in [0.2, 0.25) is 0 Å². The van der Waals surface area contributed by atoms with E-state index >= 15 is 0 Å². The quantitative estimate of drug-likeness (QED) is 0.728. The Morgan fingerprint density at radius 2 is 1.62 bits per heavy atom. The van der Waals surface area contributed by atoms with Crippen molar-refractivity contribution in [2.75, 3.05) is 0 Å². The third-order valence-corrected chi connectivity index (χ3v) is 3.51. The highest BCUT2D eigenvalue weighted by atomic mass is 15.4. The fraction of sp³-hybridized carbons (Fsp3) is 0.222. The first-order valence-corrected chi connectivity index (χ1v) is 7.24. The van der Waals surface area contributed by atoms with E-state index in [2.05, 4.69) is 42.4 Å². The SMILES string of the molecule is Cc1cc(C)cc(CCc2cn(-c3ccccc3)nn2)c1. The van der Waals surface area contributed by atoms with E-state index in [9.17, 15) is 0 Å². The number of hydrogen-bond acceptors (Lipinski definition) is 2. The molecular formula is C18H19N3. The van der Waals surface area contributed by atoms with Crippen molar-refractivity contribution in [1.29, 1.82) is 0 Å². The number of aryl methyl sites for hydroxylation is 4. The molecule has 0 aliphatic rings. The standard InChI is InChI=1S/C18H19N3/c1-14-10-15(2)12-16(11-14)8-9-17-13-21(20-19-17)18-6-4-3-5-7-18/h3-7,10-13H,8-9H2,1-2H3. The molecular weight excluding hydrogens is 258 g/mol. The number of nitrogens with zero attached hydrogens (tertiary/aromatic N) is 3. The van der Waals surface area contributed by atoms with E-state index < -0.39 is 0 Å². The Balaban J connectivity index is 1.70. The van der Waals surface area contributed by atoms with Crippen LogP contribution in [0.2, 0.25) is 0 Å². The van der Waals surface area contributed by atoms with Gasteiger partial charge in [-0.2, -0.15) is 0 Å².